The normalized spacial score (nSPS) is 10.3. The summed E-state index contributed by atoms with van der Waals surface area (Å²) >= 11 is 1.18. The minimum absolute atomic E-state index is 0.0292. The van der Waals surface area contributed by atoms with Crippen LogP contribution in [0.1, 0.15) is 11.1 Å². The van der Waals surface area contributed by atoms with Gasteiger partial charge in [-0.05, 0) is 11.1 Å². The molecule has 0 saturated heterocycles. The van der Waals surface area contributed by atoms with E-state index in [2.05, 4.69) is 5.43 Å². The number of nitrogens with zero attached hydrogens (tertiary/aromatic N) is 1. The van der Waals surface area contributed by atoms with E-state index in [4.69, 9.17) is 5.84 Å². The molecule has 0 aliphatic carbocycles. The molecule has 0 spiro atoms. The van der Waals surface area contributed by atoms with Crippen molar-refractivity contribution in [1.82, 2.24) is 9.99 Å². The van der Waals surface area contributed by atoms with Crippen molar-refractivity contribution in [2.45, 2.75) is 13.0 Å². The first-order valence-corrected chi connectivity index (χ1v) is 6.28. The summed E-state index contributed by atoms with van der Waals surface area (Å²) in [5, 5.41) is 1.77. The third kappa shape index (κ3) is 3.06. The van der Waals surface area contributed by atoms with Crippen LogP contribution in [-0.4, -0.2) is 10.5 Å². The van der Waals surface area contributed by atoms with E-state index in [1.165, 1.54) is 11.3 Å². The van der Waals surface area contributed by atoms with Crippen molar-refractivity contribution in [3.8, 4) is 0 Å². The van der Waals surface area contributed by atoms with Gasteiger partial charge in [0.25, 0.3) is 0 Å². The van der Waals surface area contributed by atoms with E-state index < -0.39 is 0 Å². The lowest BCUT2D eigenvalue weighted by Gasteiger charge is -2.04. The predicted octanol–water partition coefficient (Wildman–Crippen LogP) is 0.490. The lowest BCUT2D eigenvalue weighted by Crippen LogP contribution is -2.31. The first kappa shape index (κ1) is 12.5. The third-order valence-corrected chi connectivity index (χ3v) is 3.24. The minimum Gasteiger partial charge on any atom is -0.302 e. The quantitative estimate of drug-likeness (QED) is 0.479. The van der Waals surface area contributed by atoms with E-state index in [9.17, 15) is 9.59 Å². The molecule has 2 aromatic rings. The van der Waals surface area contributed by atoms with Crippen LogP contribution in [0.5, 0.6) is 0 Å². The Balaban J connectivity index is 2.06. The molecule has 1 heterocycles. The highest BCUT2D eigenvalue weighted by Crippen LogP contribution is 2.07. The average Bonchev–Trinajstić information content (AvgIpc) is 2.77. The van der Waals surface area contributed by atoms with Crippen LogP contribution in [0.3, 0.4) is 0 Å². The van der Waals surface area contributed by atoms with Crippen molar-refractivity contribution in [3.63, 3.8) is 0 Å². The fraction of sp³-hybridized carbons (Fsp3) is 0.167. The summed E-state index contributed by atoms with van der Waals surface area (Å²) in [4.78, 5) is 22.5. The lowest BCUT2D eigenvalue weighted by molar-refractivity contribution is -0.120. The van der Waals surface area contributed by atoms with Crippen LogP contribution in [0, 0.1) is 0 Å². The fourth-order valence-electron chi connectivity index (χ4n) is 1.60. The molecule has 0 radical (unpaired) electrons. The Morgan fingerprint density at radius 2 is 1.94 bits per heavy atom. The number of nitrogens with one attached hydrogen (secondary N) is 1. The van der Waals surface area contributed by atoms with Gasteiger partial charge in [0.2, 0.25) is 5.91 Å². The number of aromatic nitrogens is 1. The van der Waals surface area contributed by atoms with E-state index >= 15 is 0 Å². The van der Waals surface area contributed by atoms with Crippen LogP contribution in [0.4, 0.5) is 0 Å². The van der Waals surface area contributed by atoms with Gasteiger partial charge in [0, 0.05) is 11.6 Å². The molecule has 1 aromatic heterocycles. The summed E-state index contributed by atoms with van der Waals surface area (Å²) in [6.07, 6.45) is 2.03. The van der Waals surface area contributed by atoms with E-state index in [1.807, 2.05) is 24.3 Å². The second-order valence-electron chi connectivity index (χ2n) is 3.86. The largest absolute Gasteiger partial charge is 0.307 e. The molecule has 18 heavy (non-hydrogen) atoms. The van der Waals surface area contributed by atoms with E-state index in [0.717, 1.165) is 11.1 Å². The number of hydrogen-bond donors (Lipinski definition) is 2. The van der Waals surface area contributed by atoms with Gasteiger partial charge in [0.05, 0.1) is 13.0 Å². The van der Waals surface area contributed by atoms with Gasteiger partial charge >= 0.3 is 4.87 Å². The average molecular weight is 263 g/mol. The van der Waals surface area contributed by atoms with Crippen LogP contribution in [0.15, 0.2) is 40.6 Å². The molecular weight excluding hydrogens is 250 g/mol. The maximum Gasteiger partial charge on any atom is 0.307 e. The van der Waals surface area contributed by atoms with Crippen molar-refractivity contribution in [1.29, 1.82) is 0 Å². The first-order valence-electron chi connectivity index (χ1n) is 5.40. The molecule has 0 unspecified atom stereocenters. The number of hydrazine groups is 1. The molecule has 2 rings (SSSR count). The van der Waals surface area contributed by atoms with Crippen molar-refractivity contribution >= 4 is 17.2 Å². The third-order valence-electron chi connectivity index (χ3n) is 2.55. The summed E-state index contributed by atoms with van der Waals surface area (Å²) in [5.74, 6) is 4.80. The first-order chi connectivity index (χ1) is 8.69. The molecular formula is C12H13N3O2S. The zero-order chi connectivity index (χ0) is 13.0. The van der Waals surface area contributed by atoms with Gasteiger partial charge in [0.1, 0.15) is 0 Å². The van der Waals surface area contributed by atoms with Gasteiger partial charge < -0.3 is 4.57 Å². The number of benzene rings is 1. The summed E-state index contributed by atoms with van der Waals surface area (Å²) in [5.41, 5.74) is 4.00. The van der Waals surface area contributed by atoms with Crippen molar-refractivity contribution in [3.05, 3.63) is 56.6 Å². The van der Waals surface area contributed by atoms with Gasteiger partial charge in [-0.25, -0.2) is 5.84 Å². The molecule has 0 fully saturated rings. The van der Waals surface area contributed by atoms with Gasteiger partial charge in [0.15, 0.2) is 0 Å². The fourth-order valence-corrected chi connectivity index (χ4v) is 2.19. The molecule has 3 N–H and O–H groups in total. The van der Waals surface area contributed by atoms with Gasteiger partial charge in [-0.15, -0.1) is 0 Å². The van der Waals surface area contributed by atoms with Crippen LogP contribution >= 0.6 is 11.3 Å². The second-order valence-corrected chi connectivity index (χ2v) is 4.71. The topological polar surface area (TPSA) is 77.1 Å². The number of carbonyl (C=O) groups excluding carboxylic acids is 1. The van der Waals surface area contributed by atoms with E-state index in [-0.39, 0.29) is 17.2 Å². The highest BCUT2D eigenvalue weighted by Gasteiger charge is 2.02. The lowest BCUT2D eigenvalue weighted by atomic mass is 10.1. The summed E-state index contributed by atoms with van der Waals surface area (Å²) in [7, 11) is 0. The molecule has 0 aliphatic heterocycles. The number of carbonyl (C=O) groups is 1. The number of nitrogens with two attached hydrogens (primary N) is 1. The van der Waals surface area contributed by atoms with Crippen LogP contribution in [0.2, 0.25) is 0 Å². The van der Waals surface area contributed by atoms with Crippen molar-refractivity contribution < 1.29 is 4.79 Å². The van der Waals surface area contributed by atoms with Crippen molar-refractivity contribution in [2.24, 2.45) is 5.84 Å². The summed E-state index contributed by atoms with van der Waals surface area (Å²) in [6, 6.07) is 7.54. The number of hydrogen-bond acceptors (Lipinski definition) is 4. The Morgan fingerprint density at radius 1 is 1.28 bits per heavy atom. The van der Waals surface area contributed by atoms with Crippen LogP contribution in [0.25, 0.3) is 0 Å². The Bertz CT molecular complexity index is 586. The van der Waals surface area contributed by atoms with Gasteiger partial charge in [-0.1, -0.05) is 35.6 Å². The van der Waals surface area contributed by atoms with E-state index in [0.29, 0.717) is 6.54 Å². The molecule has 0 aliphatic rings. The smallest absolute Gasteiger partial charge is 0.302 e. The van der Waals surface area contributed by atoms with Crippen molar-refractivity contribution in [2.75, 3.05) is 0 Å². The molecule has 5 nitrogen and oxygen atoms in total. The molecule has 6 heteroatoms. The SMILES string of the molecule is NNC(=O)Cc1ccc(Cn2ccsc2=O)cc1. The zero-order valence-electron chi connectivity index (χ0n) is 9.63. The zero-order valence-corrected chi connectivity index (χ0v) is 10.4. The van der Waals surface area contributed by atoms with Crippen LogP contribution in [-0.2, 0) is 17.8 Å². The molecule has 0 saturated carbocycles. The Labute approximate surface area is 108 Å². The maximum absolute atomic E-state index is 11.4. The highest BCUT2D eigenvalue weighted by atomic mass is 32.1. The molecule has 1 aromatic carbocycles. The number of rotatable bonds is 4. The Hall–Kier alpha value is -1.92. The second kappa shape index (κ2) is 5.61. The van der Waals surface area contributed by atoms with E-state index in [1.54, 1.807) is 16.1 Å². The number of amides is 1. The Morgan fingerprint density at radius 3 is 2.50 bits per heavy atom. The van der Waals surface area contributed by atoms with Gasteiger partial charge in [-0.2, -0.15) is 0 Å². The Kier molecular flexibility index (Phi) is 3.91. The highest BCUT2D eigenvalue weighted by molar-refractivity contribution is 7.07. The van der Waals surface area contributed by atoms with Crippen LogP contribution < -0.4 is 16.1 Å². The standard InChI is InChI=1S/C12H13N3O2S/c13-14-11(16)7-9-1-3-10(4-2-9)8-15-5-6-18-12(15)17/h1-6H,7-8,13H2,(H,14,16). The molecule has 0 atom stereocenters. The summed E-state index contributed by atoms with van der Waals surface area (Å²) in [6.45, 7) is 0.547. The molecule has 1 amide bonds. The molecule has 94 valence electrons. The molecule has 0 bridgehead atoms. The minimum atomic E-state index is -0.225. The number of thiazole rings is 1. The van der Waals surface area contributed by atoms with Gasteiger partial charge in [-0.3, -0.25) is 15.0 Å². The predicted molar refractivity (Wildman–Crippen MR) is 70.2 cm³/mol. The maximum atomic E-state index is 11.4. The monoisotopic (exact) mass is 263 g/mol. The summed E-state index contributed by atoms with van der Waals surface area (Å²) < 4.78 is 1.65.